The molecule has 1 aromatic carbocycles. The third kappa shape index (κ3) is 4.81. The summed E-state index contributed by atoms with van der Waals surface area (Å²) in [6.45, 7) is 5.19. The number of nitrogens with zero attached hydrogens (tertiary/aromatic N) is 3. The highest BCUT2D eigenvalue weighted by Crippen LogP contribution is 2.13. The summed E-state index contributed by atoms with van der Waals surface area (Å²) in [4.78, 5) is 4.35. The van der Waals surface area contributed by atoms with E-state index in [2.05, 4.69) is 35.4 Å². The lowest BCUT2D eigenvalue weighted by Crippen LogP contribution is -2.39. The predicted octanol–water partition coefficient (Wildman–Crippen LogP) is 2.20. The van der Waals surface area contributed by atoms with Gasteiger partial charge in [0.25, 0.3) is 0 Å². The van der Waals surface area contributed by atoms with Gasteiger partial charge < -0.3 is 0 Å². The zero-order valence-electron chi connectivity index (χ0n) is 12.5. The number of aromatic nitrogens is 3. The van der Waals surface area contributed by atoms with Crippen LogP contribution in [0.3, 0.4) is 0 Å². The summed E-state index contributed by atoms with van der Waals surface area (Å²) in [6.07, 6.45) is 3.13. The highest BCUT2D eigenvalue weighted by molar-refractivity contribution is 6.30. The van der Waals surface area contributed by atoms with Gasteiger partial charge >= 0.3 is 0 Å². The van der Waals surface area contributed by atoms with Crippen LogP contribution < -0.4 is 11.3 Å². The van der Waals surface area contributed by atoms with E-state index in [9.17, 15) is 0 Å². The Bertz CT molecular complexity index is 567. The highest BCUT2D eigenvalue weighted by Gasteiger charge is 2.14. The summed E-state index contributed by atoms with van der Waals surface area (Å²) >= 11 is 6.02. The van der Waals surface area contributed by atoms with Gasteiger partial charge in [-0.05, 0) is 30.0 Å². The minimum absolute atomic E-state index is 0.0959. The van der Waals surface area contributed by atoms with E-state index in [0.29, 0.717) is 5.92 Å². The van der Waals surface area contributed by atoms with Gasteiger partial charge in [0.2, 0.25) is 0 Å². The fourth-order valence-corrected chi connectivity index (χ4v) is 2.52. The number of benzene rings is 1. The highest BCUT2D eigenvalue weighted by atomic mass is 35.5. The smallest absolute Gasteiger partial charge is 0.138 e. The van der Waals surface area contributed by atoms with E-state index < -0.39 is 0 Å². The lowest BCUT2D eigenvalue weighted by Gasteiger charge is -2.17. The Morgan fingerprint density at radius 1 is 1.33 bits per heavy atom. The molecule has 5 nitrogen and oxygen atoms in total. The maximum Gasteiger partial charge on any atom is 0.138 e. The van der Waals surface area contributed by atoms with Crippen molar-refractivity contribution in [2.75, 3.05) is 0 Å². The second-order valence-corrected chi connectivity index (χ2v) is 6.09. The molecule has 1 aromatic heterocycles. The largest absolute Gasteiger partial charge is 0.271 e. The van der Waals surface area contributed by atoms with Crippen molar-refractivity contribution < 1.29 is 0 Å². The zero-order chi connectivity index (χ0) is 15.2. The van der Waals surface area contributed by atoms with E-state index >= 15 is 0 Å². The molecule has 0 saturated heterocycles. The number of hydrazine groups is 1. The van der Waals surface area contributed by atoms with Crippen molar-refractivity contribution in [3.8, 4) is 0 Å². The number of hydrogen-bond donors (Lipinski definition) is 2. The standard InChI is InChI=1S/C15H22ClN5/c1-11(2)9-21-15(18-10-19-21)8-14(20-17)7-12-4-3-5-13(16)6-12/h3-6,10-11,14,20H,7-9,17H2,1-2H3. The molecule has 1 heterocycles. The molecule has 0 spiro atoms. The molecule has 0 amide bonds. The van der Waals surface area contributed by atoms with Crippen LogP contribution >= 0.6 is 11.6 Å². The average Bonchev–Trinajstić information content (AvgIpc) is 2.84. The van der Waals surface area contributed by atoms with E-state index in [0.717, 1.165) is 35.8 Å². The summed E-state index contributed by atoms with van der Waals surface area (Å²) < 4.78 is 1.95. The lowest BCUT2D eigenvalue weighted by molar-refractivity contribution is 0.441. The van der Waals surface area contributed by atoms with Crippen LogP contribution in [0.1, 0.15) is 25.2 Å². The molecule has 6 heteroatoms. The molecule has 2 aromatic rings. The first-order valence-corrected chi connectivity index (χ1v) is 7.53. The van der Waals surface area contributed by atoms with E-state index in [1.54, 1.807) is 6.33 Å². The Kier molecular flexibility index (Phi) is 5.73. The zero-order valence-corrected chi connectivity index (χ0v) is 13.2. The van der Waals surface area contributed by atoms with Gasteiger partial charge in [-0.3, -0.25) is 11.3 Å². The first-order valence-electron chi connectivity index (χ1n) is 7.15. The molecule has 0 aliphatic heterocycles. The van der Waals surface area contributed by atoms with Gasteiger partial charge in [0, 0.05) is 24.0 Å². The topological polar surface area (TPSA) is 68.8 Å². The molecule has 114 valence electrons. The van der Waals surface area contributed by atoms with Gasteiger partial charge in [0.15, 0.2) is 0 Å². The number of nitrogens with one attached hydrogen (secondary N) is 1. The molecule has 0 fully saturated rings. The Balaban J connectivity index is 2.04. The first-order chi connectivity index (χ1) is 10.1. The molecule has 0 aliphatic carbocycles. The van der Waals surface area contributed by atoms with E-state index in [1.165, 1.54) is 0 Å². The summed E-state index contributed by atoms with van der Waals surface area (Å²) in [5.41, 5.74) is 4.02. The van der Waals surface area contributed by atoms with Gasteiger partial charge in [0.05, 0.1) is 0 Å². The number of rotatable bonds is 7. The third-order valence-corrected chi connectivity index (χ3v) is 3.50. The molecule has 21 heavy (non-hydrogen) atoms. The van der Waals surface area contributed by atoms with Crippen molar-refractivity contribution in [1.29, 1.82) is 0 Å². The van der Waals surface area contributed by atoms with Crippen LogP contribution in [0.15, 0.2) is 30.6 Å². The molecule has 1 atom stereocenters. The van der Waals surface area contributed by atoms with Crippen molar-refractivity contribution in [2.24, 2.45) is 11.8 Å². The quantitative estimate of drug-likeness (QED) is 0.608. The molecule has 0 aliphatic rings. The van der Waals surface area contributed by atoms with Crippen molar-refractivity contribution >= 4 is 11.6 Å². The molecular weight excluding hydrogens is 286 g/mol. The van der Waals surface area contributed by atoms with Crippen LogP contribution in [0.2, 0.25) is 5.02 Å². The molecule has 0 radical (unpaired) electrons. The van der Waals surface area contributed by atoms with Crippen molar-refractivity contribution in [3.63, 3.8) is 0 Å². The Morgan fingerprint density at radius 3 is 2.81 bits per heavy atom. The minimum Gasteiger partial charge on any atom is -0.271 e. The Hall–Kier alpha value is -1.43. The molecule has 2 rings (SSSR count). The van der Waals surface area contributed by atoms with E-state index in [-0.39, 0.29) is 6.04 Å². The van der Waals surface area contributed by atoms with Crippen LogP contribution in [0.25, 0.3) is 0 Å². The third-order valence-electron chi connectivity index (χ3n) is 3.27. The molecule has 0 saturated carbocycles. The molecule has 1 unspecified atom stereocenters. The summed E-state index contributed by atoms with van der Waals surface area (Å²) in [5.74, 6) is 7.17. The Labute approximate surface area is 130 Å². The number of hydrogen-bond acceptors (Lipinski definition) is 4. The maximum atomic E-state index is 6.02. The van der Waals surface area contributed by atoms with Crippen LogP contribution in [0.4, 0.5) is 0 Å². The normalized spacial score (nSPS) is 12.8. The second-order valence-electron chi connectivity index (χ2n) is 5.65. The summed E-state index contributed by atoms with van der Waals surface area (Å²) in [5, 5.41) is 5.02. The van der Waals surface area contributed by atoms with Gasteiger partial charge in [-0.2, -0.15) is 5.10 Å². The number of nitrogens with two attached hydrogens (primary N) is 1. The molecule has 3 N–H and O–H groups in total. The van der Waals surface area contributed by atoms with Gasteiger partial charge in [-0.1, -0.05) is 37.6 Å². The Morgan fingerprint density at radius 2 is 2.14 bits per heavy atom. The summed E-state index contributed by atoms with van der Waals surface area (Å²) in [6, 6.07) is 7.93. The van der Waals surface area contributed by atoms with Crippen molar-refractivity contribution in [2.45, 2.75) is 39.3 Å². The number of halogens is 1. The van der Waals surface area contributed by atoms with Gasteiger partial charge in [0.1, 0.15) is 12.2 Å². The second kappa shape index (κ2) is 7.54. The summed E-state index contributed by atoms with van der Waals surface area (Å²) in [7, 11) is 0. The van der Waals surface area contributed by atoms with Crippen LogP contribution in [-0.4, -0.2) is 20.8 Å². The maximum absolute atomic E-state index is 6.02. The van der Waals surface area contributed by atoms with Gasteiger partial charge in [-0.15, -0.1) is 0 Å². The van der Waals surface area contributed by atoms with Crippen molar-refractivity contribution in [3.05, 3.63) is 47.0 Å². The predicted molar refractivity (Wildman–Crippen MR) is 84.8 cm³/mol. The van der Waals surface area contributed by atoms with E-state index in [1.807, 2.05) is 22.9 Å². The molecular formula is C15H22ClN5. The van der Waals surface area contributed by atoms with Gasteiger partial charge in [-0.25, -0.2) is 9.67 Å². The fourth-order valence-electron chi connectivity index (χ4n) is 2.30. The average molecular weight is 308 g/mol. The first kappa shape index (κ1) is 15.9. The SMILES string of the molecule is CC(C)Cn1ncnc1CC(Cc1cccc(Cl)c1)NN. The van der Waals surface area contributed by atoms with Crippen LogP contribution in [-0.2, 0) is 19.4 Å². The monoisotopic (exact) mass is 307 g/mol. The molecule has 0 bridgehead atoms. The van der Waals surface area contributed by atoms with E-state index in [4.69, 9.17) is 17.4 Å². The van der Waals surface area contributed by atoms with Crippen LogP contribution in [0.5, 0.6) is 0 Å². The minimum atomic E-state index is 0.0959. The fraction of sp³-hybridized carbons (Fsp3) is 0.467. The lowest BCUT2D eigenvalue weighted by atomic mass is 10.0. The van der Waals surface area contributed by atoms with Crippen LogP contribution in [0, 0.1) is 5.92 Å². The van der Waals surface area contributed by atoms with Crippen molar-refractivity contribution in [1.82, 2.24) is 20.2 Å².